The predicted octanol–water partition coefficient (Wildman–Crippen LogP) is 5.06. The molecule has 2 aromatic carbocycles. The molecule has 0 saturated heterocycles. The Labute approximate surface area is 178 Å². The molecule has 3 rings (SSSR count). The van der Waals surface area contributed by atoms with Crippen LogP contribution in [0.25, 0.3) is 11.4 Å². The Bertz CT molecular complexity index is 1070. The number of aromatic nitrogens is 2. The van der Waals surface area contributed by atoms with Crippen LogP contribution in [0.1, 0.15) is 38.7 Å². The van der Waals surface area contributed by atoms with Gasteiger partial charge in [0.25, 0.3) is 10.0 Å². The molecule has 0 bridgehead atoms. The Morgan fingerprint density at radius 3 is 2.43 bits per heavy atom. The summed E-state index contributed by atoms with van der Waals surface area (Å²) in [6.07, 6.45) is 6.15. The molecule has 160 valence electrons. The summed E-state index contributed by atoms with van der Waals surface area (Å²) in [7, 11) is -3.76. The smallest absolute Gasteiger partial charge is 0.269 e. The second-order valence-corrected chi connectivity index (χ2v) is 8.83. The van der Waals surface area contributed by atoms with Gasteiger partial charge in [0.15, 0.2) is 17.3 Å². The van der Waals surface area contributed by atoms with E-state index in [9.17, 15) is 8.42 Å². The van der Waals surface area contributed by atoms with Crippen LogP contribution in [0.15, 0.2) is 59.8 Å². The van der Waals surface area contributed by atoms with Crippen molar-refractivity contribution in [2.75, 3.05) is 13.2 Å². The molecular weight excluding hydrogens is 400 g/mol. The van der Waals surface area contributed by atoms with Gasteiger partial charge in [-0.3, -0.25) is 0 Å². The molecule has 7 heteroatoms. The molecule has 0 saturated carbocycles. The number of rotatable bonds is 10. The van der Waals surface area contributed by atoms with Gasteiger partial charge in [-0.25, -0.2) is 17.4 Å². The van der Waals surface area contributed by atoms with Crippen LogP contribution >= 0.6 is 0 Å². The fourth-order valence-corrected chi connectivity index (χ4v) is 4.38. The summed E-state index contributed by atoms with van der Waals surface area (Å²) in [4.78, 5) is 4.52. The number of hydrogen-bond donors (Lipinski definition) is 0. The third-order valence-electron chi connectivity index (χ3n) is 4.69. The zero-order valence-corrected chi connectivity index (χ0v) is 18.5. The first kappa shape index (κ1) is 21.9. The van der Waals surface area contributed by atoms with Gasteiger partial charge in [-0.15, -0.1) is 0 Å². The van der Waals surface area contributed by atoms with Crippen LogP contribution in [0.4, 0.5) is 0 Å². The normalized spacial score (nSPS) is 11.4. The van der Waals surface area contributed by atoms with Crippen molar-refractivity contribution < 1.29 is 17.9 Å². The summed E-state index contributed by atoms with van der Waals surface area (Å²) in [5, 5.41) is 0. The number of nitrogens with zero attached hydrogens (tertiary/aromatic N) is 2. The third kappa shape index (κ3) is 4.84. The van der Waals surface area contributed by atoms with Gasteiger partial charge in [0, 0.05) is 18.0 Å². The number of benzene rings is 2. The average molecular weight is 429 g/mol. The molecule has 0 spiro atoms. The number of aryl methyl sites for hydroxylation is 1. The molecule has 0 atom stereocenters. The van der Waals surface area contributed by atoms with Crippen LogP contribution in [0.2, 0.25) is 0 Å². The van der Waals surface area contributed by atoms with E-state index in [2.05, 4.69) is 11.9 Å². The highest BCUT2D eigenvalue weighted by atomic mass is 32.2. The van der Waals surface area contributed by atoms with Gasteiger partial charge in [-0.1, -0.05) is 37.5 Å². The Balaban J connectivity index is 1.94. The van der Waals surface area contributed by atoms with Crippen molar-refractivity contribution in [2.24, 2.45) is 0 Å². The van der Waals surface area contributed by atoms with Gasteiger partial charge in [0.2, 0.25) is 0 Å². The maximum Gasteiger partial charge on any atom is 0.269 e. The van der Waals surface area contributed by atoms with E-state index in [0.717, 1.165) is 24.8 Å². The van der Waals surface area contributed by atoms with Crippen LogP contribution in [0.5, 0.6) is 11.5 Å². The molecule has 3 aromatic rings. The van der Waals surface area contributed by atoms with Crippen molar-refractivity contribution >= 4 is 10.0 Å². The van der Waals surface area contributed by atoms with E-state index in [1.807, 2.05) is 19.9 Å². The average Bonchev–Trinajstić information content (AvgIpc) is 3.23. The lowest BCUT2D eigenvalue weighted by atomic mass is 10.2. The van der Waals surface area contributed by atoms with Gasteiger partial charge in [-0.2, -0.15) is 0 Å². The van der Waals surface area contributed by atoms with Crippen molar-refractivity contribution in [1.82, 2.24) is 8.96 Å². The van der Waals surface area contributed by atoms with Crippen LogP contribution < -0.4 is 9.47 Å². The van der Waals surface area contributed by atoms with E-state index in [1.165, 1.54) is 16.4 Å². The molecule has 1 aromatic heterocycles. The maximum atomic E-state index is 13.1. The molecule has 6 nitrogen and oxygen atoms in total. The van der Waals surface area contributed by atoms with Gasteiger partial charge >= 0.3 is 0 Å². The molecule has 1 heterocycles. The van der Waals surface area contributed by atoms with E-state index >= 15 is 0 Å². The molecule has 0 N–H and O–H groups in total. The van der Waals surface area contributed by atoms with Crippen molar-refractivity contribution in [1.29, 1.82) is 0 Å². The Hall–Kier alpha value is -2.80. The topological polar surface area (TPSA) is 70.4 Å². The fraction of sp³-hybridized carbons (Fsp3) is 0.348. The largest absolute Gasteiger partial charge is 0.490 e. The van der Waals surface area contributed by atoms with Crippen LogP contribution in [-0.4, -0.2) is 30.6 Å². The number of ether oxygens (including phenoxy) is 2. The third-order valence-corrected chi connectivity index (χ3v) is 6.37. The van der Waals surface area contributed by atoms with E-state index < -0.39 is 10.0 Å². The molecule has 0 aliphatic carbocycles. The fourth-order valence-electron chi connectivity index (χ4n) is 3.08. The molecule has 0 aliphatic rings. The summed E-state index contributed by atoms with van der Waals surface area (Å²) < 4.78 is 39.1. The molecule has 0 unspecified atom stereocenters. The Kier molecular flexibility index (Phi) is 7.15. The van der Waals surface area contributed by atoms with Crippen molar-refractivity contribution in [3.63, 3.8) is 0 Å². The first-order chi connectivity index (χ1) is 14.5. The van der Waals surface area contributed by atoms with E-state index in [0.29, 0.717) is 36.1 Å². The first-order valence-electron chi connectivity index (χ1n) is 10.2. The highest BCUT2D eigenvalue weighted by Gasteiger charge is 2.22. The van der Waals surface area contributed by atoms with E-state index in [-0.39, 0.29) is 4.90 Å². The maximum absolute atomic E-state index is 13.1. The molecule has 30 heavy (non-hydrogen) atoms. The monoisotopic (exact) mass is 428 g/mol. The lowest BCUT2D eigenvalue weighted by Crippen LogP contribution is -2.13. The lowest BCUT2D eigenvalue weighted by Gasteiger charge is -2.14. The van der Waals surface area contributed by atoms with Crippen LogP contribution in [-0.2, 0) is 10.0 Å². The van der Waals surface area contributed by atoms with Crippen molar-refractivity contribution in [3.8, 4) is 22.9 Å². The standard InChI is InChI=1S/C23H28N2O4S/c1-4-6-7-16-29-21-13-10-19(17-22(21)28-5-2)23-24-14-15-25(23)30(26,27)20-11-8-18(3)9-12-20/h8-15,17H,4-7,16H2,1-3H3. The second-order valence-electron chi connectivity index (χ2n) is 7.01. The SMILES string of the molecule is CCCCCOc1ccc(-c2nccn2S(=O)(=O)c2ccc(C)cc2)cc1OCC. The molecule has 0 amide bonds. The number of imidazole rings is 1. The van der Waals surface area contributed by atoms with E-state index in [4.69, 9.17) is 9.47 Å². The Morgan fingerprint density at radius 1 is 0.967 bits per heavy atom. The van der Waals surface area contributed by atoms with Crippen LogP contribution in [0, 0.1) is 6.92 Å². The van der Waals surface area contributed by atoms with Crippen molar-refractivity contribution in [2.45, 2.75) is 44.9 Å². The molecule has 0 fully saturated rings. The van der Waals surface area contributed by atoms with Crippen LogP contribution in [0.3, 0.4) is 0 Å². The molecule has 0 radical (unpaired) electrons. The summed E-state index contributed by atoms with van der Waals surface area (Å²) in [5.74, 6) is 1.55. The van der Waals surface area contributed by atoms with Gasteiger partial charge < -0.3 is 9.47 Å². The second kappa shape index (κ2) is 9.80. The minimum absolute atomic E-state index is 0.216. The highest BCUT2D eigenvalue weighted by molar-refractivity contribution is 7.90. The molecular formula is C23H28N2O4S. The van der Waals surface area contributed by atoms with Gasteiger partial charge in [0.1, 0.15) is 0 Å². The number of hydrogen-bond acceptors (Lipinski definition) is 5. The predicted molar refractivity (Wildman–Crippen MR) is 118 cm³/mol. The highest BCUT2D eigenvalue weighted by Crippen LogP contribution is 2.33. The quantitative estimate of drug-likeness (QED) is 0.422. The summed E-state index contributed by atoms with van der Waals surface area (Å²) >= 11 is 0. The lowest BCUT2D eigenvalue weighted by molar-refractivity contribution is 0.271. The Morgan fingerprint density at radius 2 is 1.73 bits per heavy atom. The summed E-state index contributed by atoms with van der Waals surface area (Å²) in [5.41, 5.74) is 1.63. The van der Waals surface area contributed by atoms with Gasteiger partial charge in [-0.05, 0) is 50.6 Å². The van der Waals surface area contributed by atoms with E-state index in [1.54, 1.807) is 36.4 Å². The molecule has 0 aliphatic heterocycles. The van der Waals surface area contributed by atoms with Gasteiger partial charge in [0.05, 0.1) is 18.1 Å². The minimum atomic E-state index is -3.76. The first-order valence-corrected chi connectivity index (χ1v) is 11.7. The number of unbranched alkanes of at least 4 members (excludes halogenated alkanes) is 2. The summed E-state index contributed by atoms with van der Waals surface area (Å²) in [6.45, 7) is 7.05. The van der Waals surface area contributed by atoms with Crippen molar-refractivity contribution in [3.05, 3.63) is 60.4 Å². The zero-order chi connectivity index (χ0) is 21.6. The minimum Gasteiger partial charge on any atom is -0.490 e. The summed E-state index contributed by atoms with van der Waals surface area (Å²) in [6, 6.07) is 12.2. The zero-order valence-electron chi connectivity index (χ0n) is 17.7.